The van der Waals surface area contributed by atoms with E-state index in [-0.39, 0.29) is 21.5 Å². The molecule has 1 atom stereocenters. The molecule has 1 aromatic carbocycles. The molecular weight excluding hydrogens is 327 g/mol. The Morgan fingerprint density at radius 2 is 2.00 bits per heavy atom. The van der Waals surface area contributed by atoms with Gasteiger partial charge in [-0.05, 0) is 37.8 Å². The van der Waals surface area contributed by atoms with Crippen LogP contribution in [-0.4, -0.2) is 24.0 Å². The summed E-state index contributed by atoms with van der Waals surface area (Å²) in [4.78, 5) is 23.8. The first kappa shape index (κ1) is 16.6. The lowest BCUT2D eigenvalue weighted by atomic mass is 9.98. The van der Waals surface area contributed by atoms with Gasteiger partial charge in [0.1, 0.15) is 5.54 Å². The molecule has 1 saturated carbocycles. The second-order valence-corrected chi connectivity index (χ2v) is 6.12. The van der Waals surface area contributed by atoms with Crippen molar-refractivity contribution in [3.63, 3.8) is 0 Å². The van der Waals surface area contributed by atoms with E-state index in [0.29, 0.717) is 0 Å². The standard InChI is InChI=1S/C15H14Cl2N2O3/c1-15(8-18,9-5-6-9)19-12(20)7-22-14(21)13-10(16)3-2-4-11(13)17/h2-4,9H,5-7H2,1H3,(H,19,20)/t15-/m1/s1. The van der Waals surface area contributed by atoms with Crippen molar-refractivity contribution >= 4 is 35.1 Å². The number of nitrogens with one attached hydrogen (secondary N) is 1. The molecule has 7 heteroatoms. The fourth-order valence-corrected chi connectivity index (χ4v) is 2.66. The van der Waals surface area contributed by atoms with Crippen molar-refractivity contribution in [3.05, 3.63) is 33.8 Å². The maximum atomic E-state index is 11.9. The molecule has 1 aromatic rings. The summed E-state index contributed by atoms with van der Waals surface area (Å²) in [5, 5.41) is 12.1. The maximum absolute atomic E-state index is 11.9. The average Bonchev–Trinajstić information content (AvgIpc) is 3.30. The molecule has 0 spiro atoms. The lowest BCUT2D eigenvalue weighted by Crippen LogP contribution is -2.48. The largest absolute Gasteiger partial charge is 0.452 e. The zero-order valence-electron chi connectivity index (χ0n) is 11.9. The van der Waals surface area contributed by atoms with Crippen molar-refractivity contribution in [3.8, 4) is 6.07 Å². The molecule has 1 amide bonds. The number of hydrogen-bond acceptors (Lipinski definition) is 4. The molecule has 0 aliphatic heterocycles. The van der Waals surface area contributed by atoms with Crippen molar-refractivity contribution < 1.29 is 14.3 Å². The molecule has 0 radical (unpaired) electrons. The van der Waals surface area contributed by atoms with Gasteiger partial charge < -0.3 is 10.1 Å². The fraction of sp³-hybridized carbons (Fsp3) is 0.400. The van der Waals surface area contributed by atoms with Crippen LogP contribution in [0.25, 0.3) is 0 Å². The Bertz CT molecular complexity index is 632. The van der Waals surface area contributed by atoms with E-state index in [2.05, 4.69) is 11.4 Å². The number of carbonyl (C=O) groups is 2. The van der Waals surface area contributed by atoms with E-state index in [1.165, 1.54) is 12.1 Å². The van der Waals surface area contributed by atoms with Gasteiger partial charge in [0.2, 0.25) is 0 Å². The van der Waals surface area contributed by atoms with Gasteiger partial charge in [0.15, 0.2) is 6.61 Å². The minimum absolute atomic E-state index is 0.0175. The van der Waals surface area contributed by atoms with Crippen LogP contribution in [0.1, 0.15) is 30.1 Å². The highest BCUT2D eigenvalue weighted by Gasteiger charge is 2.43. The predicted octanol–water partition coefficient (Wildman–Crippen LogP) is 2.96. The molecule has 5 nitrogen and oxygen atoms in total. The minimum atomic E-state index is -0.925. The molecule has 1 N–H and O–H groups in total. The van der Waals surface area contributed by atoms with Crippen molar-refractivity contribution in [1.29, 1.82) is 5.26 Å². The summed E-state index contributed by atoms with van der Waals surface area (Å²) in [5.41, 5.74) is -0.908. The number of hydrogen-bond donors (Lipinski definition) is 1. The number of amides is 1. The van der Waals surface area contributed by atoms with Crippen LogP contribution >= 0.6 is 23.2 Å². The van der Waals surface area contributed by atoms with E-state index in [9.17, 15) is 9.59 Å². The highest BCUT2D eigenvalue weighted by molar-refractivity contribution is 6.39. The molecule has 0 heterocycles. The van der Waals surface area contributed by atoms with Gasteiger partial charge in [-0.1, -0.05) is 29.3 Å². The van der Waals surface area contributed by atoms with Gasteiger partial charge in [0, 0.05) is 0 Å². The Hall–Kier alpha value is -1.77. The van der Waals surface area contributed by atoms with Crippen molar-refractivity contribution in [1.82, 2.24) is 5.32 Å². The van der Waals surface area contributed by atoms with Gasteiger partial charge in [-0.25, -0.2) is 4.79 Å². The number of carbonyl (C=O) groups excluding carboxylic acids is 2. The Morgan fingerprint density at radius 1 is 1.41 bits per heavy atom. The second kappa shape index (κ2) is 6.55. The third-order valence-corrected chi connectivity index (χ3v) is 4.16. The molecule has 1 aliphatic rings. The lowest BCUT2D eigenvalue weighted by Gasteiger charge is -2.22. The van der Waals surface area contributed by atoms with E-state index >= 15 is 0 Å². The van der Waals surface area contributed by atoms with Gasteiger partial charge in [0.25, 0.3) is 5.91 Å². The fourth-order valence-electron chi connectivity index (χ4n) is 2.10. The van der Waals surface area contributed by atoms with E-state index in [0.717, 1.165) is 12.8 Å². The number of ether oxygens (including phenoxy) is 1. The van der Waals surface area contributed by atoms with Crippen LogP contribution in [0.4, 0.5) is 0 Å². The van der Waals surface area contributed by atoms with Gasteiger partial charge in [-0.3, -0.25) is 4.79 Å². The van der Waals surface area contributed by atoms with Crippen molar-refractivity contribution in [2.45, 2.75) is 25.3 Å². The van der Waals surface area contributed by atoms with Crippen LogP contribution in [0, 0.1) is 17.2 Å². The Labute approximate surface area is 138 Å². The number of esters is 1. The summed E-state index contributed by atoms with van der Waals surface area (Å²) in [6, 6.07) is 6.70. The summed E-state index contributed by atoms with van der Waals surface area (Å²) in [5.74, 6) is -1.17. The SMILES string of the molecule is C[C@](C#N)(NC(=O)COC(=O)c1c(Cl)cccc1Cl)C1CC1. The first-order chi connectivity index (χ1) is 10.4. The number of benzene rings is 1. The van der Waals surface area contributed by atoms with E-state index in [1.807, 2.05) is 0 Å². The molecule has 0 saturated heterocycles. The second-order valence-electron chi connectivity index (χ2n) is 5.31. The van der Waals surface area contributed by atoms with E-state index in [4.69, 9.17) is 33.2 Å². The van der Waals surface area contributed by atoms with Crippen LogP contribution in [0.2, 0.25) is 10.0 Å². The minimum Gasteiger partial charge on any atom is -0.452 e. The first-order valence-electron chi connectivity index (χ1n) is 6.71. The van der Waals surface area contributed by atoms with Crippen LogP contribution in [0.5, 0.6) is 0 Å². The molecule has 0 aromatic heterocycles. The first-order valence-corrected chi connectivity index (χ1v) is 7.46. The monoisotopic (exact) mass is 340 g/mol. The van der Waals surface area contributed by atoms with Gasteiger partial charge in [-0.15, -0.1) is 0 Å². The van der Waals surface area contributed by atoms with Gasteiger partial charge >= 0.3 is 5.97 Å². The van der Waals surface area contributed by atoms with Gasteiger partial charge in [-0.2, -0.15) is 5.26 Å². The zero-order valence-corrected chi connectivity index (χ0v) is 13.4. The topological polar surface area (TPSA) is 79.2 Å². The Morgan fingerprint density at radius 3 is 2.50 bits per heavy atom. The summed E-state index contributed by atoms with van der Waals surface area (Å²) in [6.07, 6.45) is 1.80. The third kappa shape index (κ3) is 3.70. The molecule has 0 bridgehead atoms. The van der Waals surface area contributed by atoms with Crippen molar-refractivity contribution in [2.24, 2.45) is 5.92 Å². The number of nitriles is 1. The third-order valence-electron chi connectivity index (χ3n) is 3.53. The van der Waals surface area contributed by atoms with E-state index in [1.54, 1.807) is 13.0 Å². The molecule has 2 rings (SSSR count). The molecule has 116 valence electrons. The van der Waals surface area contributed by atoms with Crippen LogP contribution in [-0.2, 0) is 9.53 Å². The number of nitrogens with zero attached hydrogens (tertiary/aromatic N) is 1. The number of halogens is 2. The number of rotatable bonds is 5. The van der Waals surface area contributed by atoms with Crippen molar-refractivity contribution in [2.75, 3.05) is 6.61 Å². The van der Waals surface area contributed by atoms with Crippen LogP contribution in [0.15, 0.2) is 18.2 Å². The molecule has 1 fully saturated rings. The quantitative estimate of drug-likeness (QED) is 0.835. The summed E-state index contributed by atoms with van der Waals surface area (Å²) >= 11 is 11.8. The normalized spacial score (nSPS) is 16.3. The summed E-state index contributed by atoms with van der Waals surface area (Å²) in [6.45, 7) is 1.17. The zero-order chi connectivity index (χ0) is 16.3. The van der Waals surface area contributed by atoms with E-state index < -0.39 is 24.0 Å². The molecular formula is C15H14Cl2N2O3. The highest BCUT2D eigenvalue weighted by atomic mass is 35.5. The lowest BCUT2D eigenvalue weighted by molar-refractivity contribution is -0.125. The smallest absolute Gasteiger partial charge is 0.341 e. The van der Waals surface area contributed by atoms with Gasteiger partial charge in [0.05, 0.1) is 21.7 Å². The van der Waals surface area contributed by atoms with Crippen LogP contribution < -0.4 is 5.32 Å². The predicted molar refractivity (Wildman–Crippen MR) is 81.6 cm³/mol. The van der Waals surface area contributed by atoms with Crippen LogP contribution in [0.3, 0.4) is 0 Å². The maximum Gasteiger partial charge on any atom is 0.341 e. The Kier molecular flexibility index (Phi) is 4.94. The summed E-state index contributed by atoms with van der Waals surface area (Å²) < 4.78 is 4.91. The molecule has 1 aliphatic carbocycles. The molecule has 22 heavy (non-hydrogen) atoms. The summed E-state index contributed by atoms with van der Waals surface area (Å²) in [7, 11) is 0. The average molecular weight is 341 g/mol. The highest BCUT2D eigenvalue weighted by Crippen LogP contribution is 2.39. The molecule has 0 unspecified atom stereocenters. The Balaban J connectivity index is 1.94.